The zero-order chi connectivity index (χ0) is 14.1. The van der Waals surface area contributed by atoms with E-state index >= 15 is 0 Å². The van der Waals surface area contributed by atoms with Gasteiger partial charge in [-0.05, 0) is 39.7 Å². The molecule has 1 aromatic heterocycles. The Labute approximate surface area is 133 Å². The molecule has 6 heteroatoms. The van der Waals surface area contributed by atoms with Crippen molar-refractivity contribution in [3.8, 4) is 11.6 Å². The molecule has 100 valence electrons. The molecule has 1 heterocycles. The molecule has 3 aromatic rings. The zero-order valence-corrected chi connectivity index (χ0v) is 13.1. The van der Waals surface area contributed by atoms with E-state index in [1.165, 1.54) is 0 Å². The Balaban J connectivity index is 2.11. The summed E-state index contributed by atoms with van der Waals surface area (Å²) >= 11 is 15.3. The Morgan fingerprint density at radius 1 is 1.00 bits per heavy atom. The van der Waals surface area contributed by atoms with Crippen molar-refractivity contribution in [1.29, 1.82) is 0 Å². The summed E-state index contributed by atoms with van der Waals surface area (Å²) in [6.07, 6.45) is 1.54. The summed E-state index contributed by atoms with van der Waals surface area (Å²) in [5.41, 5.74) is 0. The number of benzene rings is 2. The number of hydrogen-bond acceptors (Lipinski definition) is 3. The molecule has 0 radical (unpaired) electrons. The van der Waals surface area contributed by atoms with E-state index in [0.29, 0.717) is 21.1 Å². The van der Waals surface area contributed by atoms with Crippen LogP contribution in [0.25, 0.3) is 10.8 Å². The monoisotopic (exact) mass is 368 g/mol. The minimum absolute atomic E-state index is 0.126. The Hall–Kier alpha value is -1.36. The summed E-state index contributed by atoms with van der Waals surface area (Å²) in [7, 11) is 0. The Morgan fingerprint density at radius 3 is 2.55 bits per heavy atom. The first-order valence-corrected chi connectivity index (χ1v) is 7.23. The summed E-state index contributed by atoms with van der Waals surface area (Å²) in [4.78, 5) is 7.91. The van der Waals surface area contributed by atoms with Crippen molar-refractivity contribution in [3.05, 3.63) is 57.4 Å². The fourth-order valence-corrected chi connectivity index (χ4v) is 2.46. The largest absolute Gasteiger partial charge is 0.437 e. The van der Waals surface area contributed by atoms with Crippen molar-refractivity contribution in [2.75, 3.05) is 0 Å². The molecule has 3 nitrogen and oxygen atoms in total. The van der Waals surface area contributed by atoms with Crippen LogP contribution in [0.1, 0.15) is 0 Å². The summed E-state index contributed by atoms with van der Waals surface area (Å²) in [6, 6.07) is 11.3. The molecule has 0 saturated carbocycles. The number of nitrogens with zero attached hydrogens (tertiary/aromatic N) is 2. The van der Waals surface area contributed by atoms with Crippen LogP contribution < -0.4 is 4.74 Å². The SMILES string of the molecule is Clc1ncc(Br)c(Oc2ccc(Cl)c3ccccc23)n1. The van der Waals surface area contributed by atoms with Gasteiger partial charge in [-0.25, -0.2) is 4.98 Å². The van der Waals surface area contributed by atoms with Crippen molar-refractivity contribution < 1.29 is 4.74 Å². The van der Waals surface area contributed by atoms with E-state index in [4.69, 9.17) is 27.9 Å². The molecule has 3 rings (SSSR count). The van der Waals surface area contributed by atoms with Gasteiger partial charge in [-0.3, -0.25) is 0 Å². The smallest absolute Gasteiger partial charge is 0.238 e. The van der Waals surface area contributed by atoms with Gasteiger partial charge >= 0.3 is 0 Å². The standard InChI is InChI=1S/C14H7BrCl2N2O/c15-10-7-18-14(17)19-13(10)20-12-6-5-11(16)8-3-1-2-4-9(8)12/h1-7H. The van der Waals surface area contributed by atoms with Crippen molar-refractivity contribution in [2.24, 2.45) is 0 Å². The normalized spacial score (nSPS) is 10.8. The molecular weight excluding hydrogens is 363 g/mol. The van der Waals surface area contributed by atoms with Crippen molar-refractivity contribution in [1.82, 2.24) is 9.97 Å². The average molecular weight is 370 g/mol. The number of halogens is 3. The molecule has 0 atom stereocenters. The van der Waals surface area contributed by atoms with E-state index in [1.807, 2.05) is 24.3 Å². The molecule has 0 amide bonds. The highest BCUT2D eigenvalue weighted by Gasteiger charge is 2.10. The molecule has 0 spiro atoms. The summed E-state index contributed by atoms with van der Waals surface area (Å²) in [6.45, 7) is 0. The lowest BCUT2D eigenvalue weighted by Crippen LogP contribution is -1.92. The maximum Gasteiger partial charge on any atom is 0.238 e. The van der Waals surface area contributed by atoms with Crippen LogP contribution in [0.3, 0.4) is 0 Å². The predicted octanol–water partition coefficient (Wildman–Crippen LogP) is 5.49. The second-order valence-electron chi connectivity index (χ2n) is 3.99. The molecule has 0 bridgehead atoms. The van der Waals surface area contributed by atoms with E-state index in [0.717, 1.165) is 10.8 Å². The van der Waals surface area contributed by atoms with Crippen molar-refractivity contribution >= 4 is 49.9 Å². The fourth-order valence-electron chi connectivity index (χ4n) is 1.83. The quantitative estimate of drug-likeness (QED) is 0.560. The Bertz CT molecular complexity index is 795. The molecule has 0 aliphatic carbocycles. The first-order valence-electron chi connectivity index (χ1n) is 5.68. The van der Waals surface area contributed by atoms with Gasteiger partial charge in [-0.1, -0.05) is 35.9 Å². The van der Waals surface area contributed by atoms with Gasteiger partial charge in [-0.2, -0.15) is 4.98 Å². The third-order valence-corrected chi connectivity index (χ3v) is 3.78. The van der Waals surface area contributed by atoms with Crippen molar-refractivity contribution in [3.63, 3.8) is 0 Å². The van der Waals surface area contributed by atoms with Gasteiger partial charge in [-0.15, -0.1) is 0 Å². The maximum atomic E-state index is 6.18. The minimum Gasteiger partial charge on any atom is -0.437 e. The second kappa shape index (κ2) is 5.56. The van der Waals surface area contributed by atoms with Gasteiger partial charge in [0.2, 0.25) is 11.2 Å². The van der Waals surface area contributed by atoms with Gasteiger partial charge in [0, 0.05) is 22.0 Å². The highest BCUT2D eigenvalue weighted by atomic mass is 79.9. The van der Waals surface area contributed by atoms with Gasteiger partial charge < -0.3 is 4.74 Å². The molecule has 2 aromatic carbocycles. The summed E-state index contributed by atoms with van der Waals surface area (Å²) in [5.74, 6) is 1.01. The van der Waals surface area contributed by atoms with Crippen molar-refractivity contribution in [2.45, 2.75) is 0 Å². The third kappa shape index (κ3) is 2.59. The van der Waals surface area contributed by atoms with Crippen LogP contribution in [0.5, 0.6) is 11.6 Å². The van der Waals surface area contributed by atoms with Crippen LogP contribution >= 0.6 is 39.1 Å². The topological polar surface area (TPSA) is 35.0 Å². The lowest BCUT2D eigenvalue weighted by molar-refractivity contribution is 0.463. The van der Waals surface area contributed by atoms with Crippen LogP contribution in [-0.4, -0.2) is 9.97 Å². The van der Waals surface area contributed by atoms with Crippen LogP contribution in [0.4, 0.5) is 0 Å². The van der Waals surface area contributed by atoms with Gasteiger partial charge in [0.25, 0.3) is 0 Å². The van der Waals surface area contributed by atoms with E-state index in [2.05, 4.69) is 25.9 Å². The Morgan fingerprint density at radius 2 is 1.75 bits per heavy atom. The summed E-state index contributed by atoms with van der Waals surface area (Å²) < 4.78 is 6.44. The van der Waals surface area contributed by atoms with E-state index in [9.17, 15) is 0 Å². The van der Waals surface area contributed by atoms with Crippen LogP contribution in [0.2, 0.25) is 10.3 Å². The summed E-state index contributed by atoms with van der Waals surface area (Å²) in [5, 5.41) is 2.62. The molecule has 0 aliphatic rings. The number of fused-ring (bicyclic) bond motifs is 1. The lowest BCUT2D eigenvalue weighted by Gasteiger charge is -2.10. The fraction of sp³-hybridized carbons (Fsp3) is 0. The van der Waals surface area contributed by atoms with Crippen LogP contribution in [0.15, 0.2) is 47.1 Å². The van der Waals surface area contributed by atoms with E-state index in [-0.39, 0.29) is 5.28 Å². The lowest BCUT2D eigenvalue weighted by atomic mass is 10.1. The first-order chi connectivity index (χ1) is 9.65. The van der Waals surface area contributed by atoms with Crippen LogP contribution in [-0.2, 0) is 0 Å². The maximum absolute atomic E-state index is 6.18. The number of rotatable bonds is 2. The van der Waals surface area contributed by atoms with E-state index in [1.54, 1.807) is 18.3 Å². The van der Waals surface area contributed by atoms with Gasteiger partial charge in [0.1, 0.15) is 5.75 Å². The molecule has 0 N–H and O–H groups in total. The Kier molecular flexibility index (Phi) is 3.78. The molecular formula is C14H7BrCl2N2O. The van der Waals surface area contributed by atoms with Gasteiger partial charge in [0.15, 0.2) is 0 Å². The van der Waals surface area contributed by atoms with Gasteiger partial charge in [0.05, 0.1) is 4.47 Å². The molecule has 20 heavy (non-hydrogen) atoms. The van der Waals surface area contributed by atoms with Crippen LogP contribution in [0, 0.1) is 0 Å². The highest BCUT2D eigenvalue weighted by molar-refractivity contribution is 9.10. The zero-order valence-electron chi connectivity index (χ0n) is 9.98. The first kappa shape index (κ1) is 13.6. The average Bonchev–Trinajstić information content (AvgIpc) is 2.46. The minimum atomic E-state index is 0.126. The number of ether oxygens (including phenoxy) is 1. The third-order valence-electron chi connectivity index (χ3n) is 2.72. The highest BCUT2D eigenvalue weighted by Crippen LogP contribution is 2.35. The second-order valence-corrected chi connectivity index (χ2v) is 5.58. The number of aromatic nitrogens is 2. The number of hydrogen-bond donors (Lipinski definition) is 0. The molecule has 0 unspecified atom stereocenters. The molecule has 0 aliphatic heterocycles. The molecule has 0 fully saturated rings. The van der Waals surface area contributed by atoms with E-state index < -0.39 is 0 Å². The molecule has 0 saturated heterocycles. The predicted molar refractivity (Wildman–Crippen MR) is 83.8 cm³/mol.